The molecule has 1 atom stereocenters. The second kappa shape index (κ2) is 5.48. The fourth-order valence-electron chi connectivity index (χ4n) is 3.68. The molecular formula is C13H26N2O. The predicted molar refractivity (Wildman–Crippen MR) is 65.9 cm³/mol. The number of methoxy groups -OCH3 is 1. The molecule has 3 heteroatoms. The van der Waals surface area contributed by atoms with Gasteiger partial charge in [-0.3, -0.25) is 11.3 Å². The van der Waals surface area contributed by atoms with Crippen LogP contribution in [0.3, 0.4) is 0 Å². The van der Waals surface area contributed by atoms with Gasteiger partial charge < -0.3 is 4.74 Å². The Labute approximate surface area is 99.1 Å². The Balaban J connectivity index is 1.96. The van der Waals surface area contributed by atoms with Crippen LogP contribution in [-0.2, 0) is 4.74 Å². The lowest BCUT2D eigenvalue weighted by atomic mass is 9.85. The molecule has 0 amide bonds. The van der Waals surface area contributed by atoms with Gasteiger partial charge in [0.1, 0.15) is 0 Å². The van der Waals surface area contributed by atoms with E-state index in [0.717, 1.165) is 5.92 Å². The molecule has 0 aromatic heterocycles. The van der Waals surface area contributed by atoms with Gasteiger partial charge in [-0.15, -0.1) is 0 Å². The molecular weight excluding hydrogens is 200 g/mol. The van der Waals surface area contributed by atoms with Crippen LogP contribution >= 0.6 is 0 Å². The fourth-order valence-corrected chi connectivity index (χ4v) is 3.68. The van der Waals surface area contributed by atoms with Crippen LogP contribution in [0.25, 0.3) is 0 Å². The number of nitrogens with one attached hydrogen (secondary N) is 1. The summed E-state index contributed by atoms with van der Waals surface area (Å²) in [5.74, 6) is 6.63. The van der Waals surface area contributed by atoms with Crippen LogP contribution in [0, 0.1) is 5.92 Å². The lowest BCUT2D eigenvalue weighted by Crippen LogP contribution is -2.53. The fraction of sp³-hybridized carbons (Fsp3) is 1.00. The van der Waals surface area contributed by atoms with Gasteiger partial charge in [0.15, 0.2) is 0 Å². The molecule has 16 heavy (non-hydrogen) atoms. The number of hydrogen-bond donors (Lipinski definition) is 2. The average molecular weight is 226 g/mol. The van der Waals surface area contributed by atoms with Crippen LogP contribution in [0.5, 0.6) is 0 Å². The van der Waals surface area contributed by atoms with Crippen LogP contribution < -0.4 is 11.3 Å². The first-order valence-electron chi connectivity index (χ1n) is 6.82. The predicted octanol–water partition coefficient (Wildman–Crippen LogP) is 2.36. The van der Waals surface area contributed by atoms with Gasteiger partial charge in [0.05, 0.1) is 11.6 Å². The van der Waals surface area contributed by atoms with E-state index in [1.807, 2.05) is 7.11 Å². The van der Waals surface area contributed by atoms with Gasteiger partial charge in [0.2, 0.25) is 0 Å². The number of hydrazine groups is 1. The SMILES string of the molecule is COC1(C(CC2CCCC2)NN)CCCC1. The summed E-state index contributed by atoms with van der Waals surface area (Å²) >= 11 is 0. The van der Waals surface area contributed by atoms with E-state index in [1.54, 1.807) is 0 Å². The van der Waals surface area contributed by atoms with Gasteiger partial charge in [0, 0.05) is 7.11 Å². The first-order chi connectivity index (χ1) is 7.80. The first kappa shape index (κ1) is 12.3. The molecule has 0 spiro atoms. The standard InChI is InChI=1S/C13H26N2O/c1-16-13(8-4-5-9-13)12(15-14)10-11-6-2-3-7-11/h11-12,15H,2-10,14H2,1H3. The number of ether oxygens (including phenoxy) is 1. The van der Waals surface area contributed by atoms with Gasteiger partial charge in [0.25, 0.3) is 0 Å². The van der Waals surface area contributed by atoms with Crippen LogP contribution in [0.1, 0.15) is 57.8 Å². The summed E-state index contributed by atoms with van der Waals surface area (Å²) in [7, 11) is 1.85. The Morgan fingerprint density at radius 2 is 1.88 bits per heavy atom. The monoisotopic (exact) mass is 226 g/mol. The highest BCUT2D eigenvalue weighted by Crippen LogP contribution is 2.39. The van der Waals surface area contributed by atoms with Gasteiger partial charge in [-0.2, -0.15) is 0 Å². The van der Waals surface area contributed by atoms with Gasteiger partial charge in [-0.05, 0) is 25.2 Å². The zero-order valence-electron chi connectivity index (χ0n) is 10.5. The Morgan fingerprint density at radius 3 is 2.38 bits per heavy atom. The zero-order chi connectivity index (χ0) is 11.4. The smallest absolute Gasteiger partial charge is 0.0844 e. The second-order valence-corrected chi connectivity index (χ2v) is 5.58. The maximum absolute atomic E-state index is 5.82. The molecule has 2 fully saturated rings. The molecule has 0 aromatic carbocycles. The molecule has 2 saturated carbocycles. The van der Waals surface area contributed by atoms with Crippen molar-refractivity contribution in [2.24, 2.45) is 11.8 Å². The minimum absolute atomic E-state index is 0.0251. The van der Waals surface area contributed by atoms with E-state index in [4.69, 9.17) is 10.6 Å². The summed E-state index contributed by atoms with van der Waals surface area (Å²) in [5.41, 5.74) is 3.06. The van der Waals surface area contributed by atoms with Crippen molar-refractivity contribution in [3.63, 3.8) is 0 Å². The summed E-state index contributed by atoms with van der Waals surface area (Å²) in [4.78, 5) is 0. The molecule has 94 valence electrons. The number of nitrogens with two attached hydrogens (primary N) is 1. The summed E-state index contributed by atoms with van der Waals surface area (Å²) in [6.07, 6.45) is 11.7. The molecule has 0 heterocycles. The van der Waals surface area contributed by atoms with E-state index in [0.29, 0.717) is 6.04 Å². The third-order valence-electron chi connectivity index (χ3n) is 4.74. The van der Waals surface area contributed by atoms with Crippen molar-refractivity contribution >= 4 is 0 Å². The molecule has 0 aliphatic heterocycles. The summed E-state index contributed by atoms with van der Waals surface area (Å²) in [5, 5.41) is 0. The molecule has 1 unspecified atom stereocenters. The Hall–Kier alpha value is -0.120. The molecule has 3 N–H and O–H groups in total. The van der Waals surface area contributed by atoms with Crippen LogP contribution in [0.15, 0.2) is 0 Å². The molecule has 0 saturated heterocycles. The maximum atomic E-state index is 5.82. The maximum Gasteiger partial charge on any atom is 0.0844 e. The summed E-state index contributed by atoms with van der Waals surface area (Å²) in [6, 6.07) is 0.350. The van der Waals surface area contributed by atoms with E-state index in [9.17, 15) is 0 Å². The number of hydrogen-bond acceptors (Lipinski definition) is 3. The Bertz CT molecular complexity index is 208. The minimum Gasteiger partial charge on any atom is -0.377 e. The largest absolute Gasteiger partial charge is 0.377 e. The zero-order valence-corrected chi connectivity index (χ0v) is 10.5. The second-order valence-electron chi connectivity index (χ2n) is 5.58. The van der Waals surface area contributed by atoms with Crippen molar-refractivity contribution in [3.8, 4) is 0 Å². The number of rotatable bonds is 5. The van der Waals surface area contributed by atoms with E-state index >= 15 is 0 Å². The van der Waals surface area contributed by atoms with E-state index in [1.165, 1.54) is 57.8 Å². The van der Waals surface area contributed by atoms with E-state index in [2.05, 4.69) is 5.43 Å². The van der Waals surface area contributed by atoms with Crippen molar-refractivity contribution in [3.05, 3.63) is 0 Å². The molecule has 3 nitrogen and oxygen atoms in total. The topological polar surface area (TPSA) is 47.3 Å². The van der Waals surface area contributed by atoms with Gasteiger partial charge in [-0.25, -0.2) is 0 Å². The molecule has 2 aliphatic carbocycles. The normalized spacial score (nSPS) is 27.4. The average Bonchev–Trinajstić information content (AvgIpc) is 2.97. The highest BCUT2D eigenvalue weighted by atomic mass is 16.5. The lowest BCUT2D eigenvalue weighted by Gasteiger charge is -2.37. The van der Waals surface area contributed by atoms with Crippen molar-refractivity contribution in [1.82, 2.24) is 5.43 Å². The molecule has 0 aromatic rings. The van der Waals surface area contributed by atoms with Gasteiger partial charge >= 0.3 is 0 Å². The van der Waals surface area contributed by atoms with E-state index in [-0.39, 0.29) is 5.60 Å². The first-order valence-corrected chi connectivity index (χ1v) is 6.82. The summed E-state index contributed by atoms with van der Waals surface area (Å²) < 4.78 is 5.82. The molecule has 2 aliphatic rings. The Kier molecular flexibility index (Phi) is 4.22. The van der Waals surface area contributed by atoms with Crippen LogP contribution in [0.2, 0.25) is 0 Å². The Morgan fingerprint density at radius 1 is 1.25 bits per heavy atom. The quantitative estimate of drug-likeness (QED) is 0.559. The van der Waals surface area contributed by atoms with Crippen molar-refractivity contribution < 1.29 is 4.74 Å². The summed E-state index contributed by atoms with van der Waals surface area (Å²) in [6.45, 7) is 0. The molecule has 0 bridgehead atoms. The highest BCUT2D eigenvalue weighted by Gasteiger charge is 2.42. The third-order valence-corrected chi connectivity index (χ3v) is 4.74. The van der Waals surface area contributed by atoms with Gasteiger partial charge in [-0.1, -0.05) is 38.5 Å². The van der Waals surface area contributed by atoms with Crippen molar-refractivity contribution in [1.29, 1.82) is 0 Å². The minimum atomic E-state index is 0.0251. The van der Waals surface area contributed by atoms with Crippen molar-refractivity contribution in [2.75, 3.05) is 7.11 Å². The van der Waals surface area contributed by atoms with Crippen molar-refractivity contribution in [2.45, 2.75) is 69.4 Å². The highest BCUT2D eigenvalue weighted by molar-refractivity contribution is 4.97. The van der Waals surface area contributed by atoms with Crippen LogP contribution in [0.4, 0.5) is 0 Å². The van der Waals surface area contributed by atoms with E-state index < -0.39 is 0 Å². The third kappa shape index (κ3) is 2.41. The molecule has 2 rings (SSSR count). The molecule has 0 radical (unpaired) electrons. The lowest BCUT2D eigenvalue weighted by molar-refractivity contribution is -0.0415. The van der Waals surface area contributed by atoms with Crippen LogP contribution in [-0.4, -0.2) is 18.8 Å².